The van der Waals surface area contributed by atoms with Gasteiger partial charge in [0.15, 0.2) is 0 Å². The fraction of sp³-hybridized carbons (Fsp3) is 0.625. The summed E-state index contributed by atoms with van der Waals surface area (Å²) in [7, 11) is 0. The third kappa shape index (κ3) is 1.58. The van der Waals surface area contributed by atoms with Crippen LogP contribution in [-0.4, -0.2) is 45.1 Å². The van der Waals surface area contributed by atoms with Crippen molar-refractivity contribution >= 4 is 5.91 Å². The summed E-state index contributed by atoms with van der Waals surface area (Å²) < 4.78 is 0. The lowest BCUT2D eigenvalue weighted by Gasteiger charge is -2.41. The van der Waals surface area contributed by atoms with Crippen LogP contribution in [0.1, 0.15) is 13.3 Å². The van der Waals surface area contributed by atoms with Gasteiger partial charge in [-0.3, -0.25) is 10.0 Å². The number of amides is 1. The van der Waals surface area contributed by atoms with Crippen molar-refractivity contribution in [3.63, 3.8) is 0 Å². The van der Waals surface area contributed by atoms with E-state index in [9.17, 15) is 10.0 Å². The van der Waals surface area contributed by atoms with Crippen molar-refractivity contribution in [1.82, 2.24) is 10.1 Å². The van der Waals surface area contributed by atoms with Crippen LogP contribution in [0.2, 0.25) is 0 Å². The van der Waals surface area contributed by atoms with Crippen molar-refractivity contribution < 1.29 is 15.2 Å². The molecule has 0 spiro atoms. The molecule has 1 fully saturated rings. The second-order valence-electron chi connectivity index (χ2n) is 3.32. The standard InChI is InChI=1S/C8H14N2O3/c1-3-4-8(2)7(11)9(12)5-6-10(8)13/h3,12-13H,1,4-6H2,2H3/t8-/m0/s1. The van der Waals surface area contributed by atoms with Gasteiger partial charge >= 0.3 is 0 Å². The first-order chi connectivity index (χ1) is 6.02. The minimum atomic E-state index is -1.07. The largest absolute Gasteiger partial charge is 0.313 e. The van der Waals surface area contributed by atoms with E-state index < -0.39 is 11.4 Å². The first kappa shape index (κ1) is 10.2. The Kier molecular flexibility index (Phi) is 2.70. The van der Waals surface area contributed by atoms with Crippen LogP contribution in [-0.2, 0) is 4.79 Å². The van der Waals surface area contributed by atoms with E-state index in [4.69, 9.17) is 5.21 Å². The number of piperazine rings is 1. The SMILES string of the molecule is C=CC[C@@]1(C)C(=O)N(O)CCN1O. The van der Waals surface area contributed by atoms with E-state index in [1.165, 1.54) is 0 Å². The fourth-order valence-electron chi connectivity index (χ4n) is 1.40. The highest BCUT2D eigenvalue weighted by Crippen LogP contribution is 2.23. The summed E-state index contributed by atoms with van der Waals surface area (Å²) in [5.41, 5.74) is -1.07. The molecule has 0 aromatic rings. The third-order valence-corrected chi connectivity index (χ3v) is 2.33. The van der Waals surface area contributed by atoms with Gasteiger partial charge in [0, 0.05) is 6.54 Å². The molecule has 5 heteroatoms. The summed E-state index contributed by atoms with van der Waals surface area (Å²) >= 11 is 0. The van der Waals surface area contributed by atoms with Gasteiger partial charge in [-0.2, -0.15) is 5.06 Å². The van der Waals surface area contributed by atoms with E-state index in [2.05, 4.69) is 6.58 Å². The van der Waals surface area contributed by atoms with Crippen molar-refractivity contribution in [2.45, 2.75) is 18.9 Å². The molecule has 2 N–H and O–H groups in total. The monoisotopic (exact) mass is 186 g/mol. The summed E-state index contributed by atoms with van der Waals surface area (Å²) in [5.74, 6) is -0.499. The molecule has 1 saturated heterocycles. The number of hydrogen-bond acceptors (Lipinski definition) is 4. The molecule has 74 valence electrons. The Morgan fingerprint density at radius 1 is 1.62 bits per heavy atom. The van der Waals surface area contributed by atoms with Crippen LogP contribution in [0, 0.1) is 0 Å². The summed E-state index contributed by atoms with van der Waals surface area (Å²) in [5, 5.41) is 20.2. The molecule has 0 bridgehead atoms. The van der Waals surface area contributed by atoms with Crippen LogP contribution in [0.3, 0.4) is 0 Å². The topological polar surface area (TPSA) is 64.0 Å². The van der Waals surface area contributed by atoms with Gasteiger partial charge in [0.05, 0.1) is 6.54 Å². The molecular weight excluding hydrogens is 172 g/mol. The number of rotatable bonds is 2. The lowest BCUT2D eigenvalue weighted by Crippen LogP contribution is -2.62. The van der Waals surface area contributed by atoms with Crippen molar-refractivity contribution in [2.75, 3.05) is 13.1 Å². The predicted molar refractivity (Wildman–Crippen MR) is 45.2 cm³/mol. The van der Waals surface area contributed by atoms with Crippen LogP contribution in [0.25, 0.3) is 0 Å². The van der Waals surface area contributed by atoms with Gasteiger partial charge in [-0.15, -0.1) is 6.58 Å². The highest BCUT2D eigenvalue weighted by Gasteiger charge is 2.44. The molecule has 1 rings (SSSR count). The quantitative estimate of drug-likeness (QED) is 0.479. The molecule has 1 amide bonds. The zero-order valence-electron chi connectivity index (χ0n) is 7.60. The zero-order chi connectivity index (χ0) is 10.1. The van der Waals surface area contributed by atoms with Crippen LogP contribution in [0.15, 0.2) is 12.7 Å². The van der Waals surface area contributed by atoms with Crippen LogP contribution in [0.5, 0.6) is 0 Å². The number of hydrogen-bond donors (Lipinski definition) is 2. The smallest absolute Gasteiger partial charge is 0.268 e. The van der Waals surface area contributed by atoms with E-state index in [1.54, 1.807) is 13.0 Å². The maximum Gasteiger partial charge on any atom is 0.268 e. The maximum atomic E-state index is 11.5. The van der Waals surface area contributed by atoms with Gasteiger partial charge in [0.1, 0.15) is 5.54 Å². The minimum Gasteiger partial charge on any atom is -0.313 e. The highest BCUT2D eigenvalue weighted by atomic mass is 16.5. The van der Waals surface area contributed by atoms with Gasteiger partial charge in [0.25, 0.3) is 5.91 Å². The molecule has 13 heavy (non-hydrogen) atoms. The van der Waals surface area contributed by atoms with Crippen molar-refractivity contribution in [2.24, 2.45) is 0 Å². The van der Waals surface area contributed by atoms with E-state index in [1.807, 2.05) is 0 Å². The molecule has 1 aliphatic rings. The first-order valence-corrected chi connectivity index (χ1v) is 4.10. The lowest BCUT2D eigenvalue weighted by atomic mass is 9.94. The number of hydroxylamine groups is 4. The summed E-state index contributed by atoms with van der Waals surface area (Å²) in [4.78, 5) is 11.5. The Bertz CT molecular complexity index is 231. The van der Waals surface area contributed by atoms with Crippen molar-refractivity contribution in [3.8, 4) is 0 Å². The van der Waals surface area contributed by atoms with Gasteiger partial charge in [-0.1, -0.05) is 6.08 Å². The molecule has 0 aromatic carbocycles. The molecule has 0 aliphatic carbocycles. The van der Waals surface area contributed by atoms with E-state index in [-0.39, 0.29) is 13.1 Å². The molecule has 0 saturated carbocycles. The first-order valence-electron chi connectivity index (χ1n) is 4.10. The third-order valence-electron chi connectivity index (χ3n) is 2.33. The van der Waals surface area contributed by atoms with Crippen molar-refractivity contribution in [3.05, 3.63) is 12.7 Å². The Morgan fingerprint density at radius 3 is 2.77 bits per heavy atom. The van der Waals surface area contributed by atoms with E-state index in [0.29, 0.717) is 11.5 Å². The molecule has 0 aromatic heterocycles. The number of nitrogens with zero attached hydrogens (tertiary/aromatic N) is 2. The fourth-order valence-corrected chi connectivity index (χ4v) is 1.40. The molecule has 5 nitrogen and oxygen atoms in total. The Hall–Kier alpha value is -0.910. The molecule has 0 radical (unpaired) electrons. The molecule has 0 unspecified atom stereocenters. The average Bonchev–Trinajstić information content (AvgIpc) is 2.10. The lowest BCUT2D eigenvalue weighted by molar-refractivity contribution is -0.237. The number of carbonyl (C=O) groups is 1. The van der Waals surface area contributed by atoms with Crippen LogP contribution in [0.4, 0.5) is 0 Å². The van der Waals surface area contributed by atoms with E-state index >= 15 is 0 Å². The molecule has 1 heterocycles. The predicted octanol–water partition coefficient (Wildman–Crippen LogP) is 0.244. The van der Waals surface area contributed by atoms with Gasteiger partial charge in [-0.25, -0.2) is 5.06 Å². The normalized spacial score (nSPS) is 30.7. The summed E-state index contributed by atoms with van der Waals surface area (Å²) in [6.07, 6.45) is 1.85. The second kappa shape index (κ2) is 3.45. The maximum absolute atomic E-state index is 11.5. The summed E-state index contributed by atoms with van der Waals surface area (Å²) in [6.45, 7) is 5.44. The van der Waals surface area contributed by atoms with Gasteiger partial charge < -0.3 is 5.21 Å². The summed E-state index contributed by atoms with van der Waals surface area (Å²) in [6, 6.07) is 0. The Morgan fingerprint density at radius 2 is 2.23 bits per heavy atom. The molecular formula is C8H14N2O3. The molecule has 1 atom stereocenters. The van der Waals surface area contributed by atoms with Gasteiger partial charge in [0.2, 0.25) is 0 Å². The van der Waals surface area contributed by atoms with E-state index in [0.717, 1.165) is 5.06 Å². The Labute approximate surface area is 76.8 Å². The minimum absolute atomic E-state index is 0.127. The highest BCUT2D eigenvalue weighted by molar-refractivity contribution is 5.85. The van der Waals surface area contributed by atoms with Crippen LogP contribution < -0.4 is 0 Å². The Balaban J connectivity index is 2.88. The molecule has 1 aliphatic heterocycles. The second-order valence-corrected chi connectivity index (χ2v) is 3.32. The average molecular weight is 186 g/mol. The van der Waals surface area contributed by atoms with Crippen LogP contribution >= 0.6 is 0 Å². The zero-order valence-corrected chi connectivity index (χ0v) is 7.60. The van der Waals surface area contributed by atoms with Crippen molar-refractivity contribution in [1.29, 1.82) is 0 Å². The van der Waals surface area contributed by atoms with Gasteiger partial charge in [-0.05, 0) is 13.3 Å². The number of carbonyl (C=O) groups excluding carboxylic acids is 1.